The Kier molecular flexibility index (Phi) is 6.83. The summed E-state index contributed by atoms with van der Waals surface area (Å²) in [5.74, 6) is 8.88. The van der Waals surface area contributed by atoms with Gasteiger partial charge in [-0.25, -0.2) is 0 Å². The minimum atomic E-state index is -1.26. The lowest BCUT2D eigenvalue weighted by atomic mass is 10.2. The van der Waals surface area contributed by atoms with Gasteiger partial charge in [-0.2, -0.15) is 0 Å². The molecule has 0 spiro atoms. The maximum absolute atomic E-state index is 5.48. The third kappa shape index (κ3) is 8.14. The molecule has 98 valence electrons. The molecule has 1 aliphatic rings. The van der Waals surface area contributed by atoms with Crippen LogP contribution in [0, 0.1) is 23.3 Å². The summed E-state index contributed by atoms with van der Waals surface area (Å²) < 4.78 is 10.9. The molecule has 0 aromatic heterocycles. The number of rotatable bonds is 2. The van der Waals surface area contributed by atoms with E-state index < -0.39 is 8.07 Å². The number of hydrogen-bond acceptors (Lipinski definition) is 2. The molecule has 0 aromatic rings. The molecule has 1 aliphatic heterocycles. The van der Waals surface area contributed by atoms with Crippen LogP contribution in [-0.4, -0.2) is 27.6 Å². The van der Waals surface area contributed by atoms with E-state index in [0.717, 1.165) is 19.4 Å². The highest BCUT2D eigenvalue weighted by atomic mass is 28.3. The number of hydrogen-bond donors (Lipinski definition) is 0. The minimum absolute atomic E-state index is 0.0521. The zero-order valence-electron chi connectivity index (χ0n) is 11.6. The van der Waals surface area contributed by atoms with Crippen LogP contribution in [-0.2, 0) is 9.47 Å². The third-order valence-electron chi connectivity index (χ3n) is 2.28. The van der Waals surface area contributed by atoms with Crippen LogP contribution >= 0.6 is 0 Å². The molecule has 0 amide bonds. The van der Waals surface area contributed by atoms with E-state index in [4.69, 9.17) is 9.47 Å². The molecule has 0 saturated carbocycles. The first kappa shape index (κ1) is 15.1. The van der Waals surface area contributed by atoms with Crippen LogP contribution in [0.25, 0.3) is 0 Å². The Morgan fingerprint density at radius 1 is 1.22 bits per heavy atom. The van der Waals surface area contributed by atoms with E-state index in [1.54, 1.807) is 6.08 Å². The van der Waals surface area contributed by atoms with Crippen molar-refractivity contribution in [3.05, 3.63) is 12.2 Å². The van der Waals surface area contributed by atoms with Crippen molar-refractivity contribution in [2.45, 2.75) is 45.2 Å². The molecule has 1 rings (SSSR count). The van der Waals surface area contributed by atoms with Crippen molar-refractivity contribution in [3.8, 4) is 23.3 Å². The molecule has 0 aromatic carbocycles. The van der Waals surface area contributed by atoms with Gasteiger partial charge in [-0.15, -0.1) is 5.54 Å². The van der Waals surface area contributed by atoms with Gasteiger partial charge in [-0.3, -0.25) is 0 Å². The fourth-order valence-electron chi connectivity index (χ4n) is 1.42. The summed E-state index contributed by atoms with van der Waals surface area (Å²) in [7, 11) is -1.26. The molecular formula is C15H22O2Si. The van der Waals surface area contributed by atoms with Gasteiger partial charge in [-0.05, 0) is 31.4 Å². The van der Waals surface area contributed by atoms with Crippen molar-refractivity contribution in [3.63, 3.8) is 0 Å². The van der Waals surface area contributed by atoms with Crippen LogP contribution in [0.5, 0.6) is 0 Å². The molecule has 0 N–H and O–H groups in total. The van der Waals surface area contributed by atoms with Crippen molar-refractivity contribution in [2.24, 2.45) is 0 Å². The summed E-state index contributed by atoms with van der Waals surface area (Å²) in [6.07, 6.45) is 6.84. The highest BCUT2D eigenvalue weighted by Crippen LogP contribution is 2.12. The van der Waals surface area contributed by atoms with Crippen LogP contribution in [0.15, 0.2) is 12.2 Å². The summed E-state index contributed by atoms with van der Waals surface area (Å²) >= 11 is 0. The Labute approximate surface area is 112 Å². The molecule has 1 atom stereocenters. The predicted octanol–water partition coefficient (Wildman–Crippen LogP) is 2.97. The second-order valence-electron chi connectivity index (χ2n) is 5.28. The lowest BCUT2D eigenvalue weighted by Crippen LogP contribution is -2.22. The summed E-state index contributed by atoms with van der Waals surface area (Å²) in [6.45, 7) is 7.90. The van der Waals surface area contributed by atoms with Gasteiger partial charge in [0.1, 0.15) is 14.7 Å². The SMILES string of the molecule is C[Si](C)(C)C#CC=CC#CCOC1CCCCO1. The molecule has 18 heavy (non-hydrogen) atoms. The van der Waals surface area contributed by atoms with Crippen LogP contribution in [0.2, 0.25) is 19.6 Å². The van der Waals surface area contributed by atoms with E-state index in [9.17, 15) is 0 Å². The number of ether oxygens (including phenoxy) is 2. The fraction of sp³-hybridized carbons (Fsp3) is 0.600. The number of allylic oxidation sites excluding steroid dienone is 2. The molecule has 2 nitrogen and oxygen atoms in total. The molecule has 1 heterocycles. The molecule has 1 unspecified atom stereocenters. The second-order valence-corrected chi connectivity index (χ2v) is 10.0. The summed E-state index contributed by atoms with van der Waals surface area (Å²) in [5, 5.41) is 0. The van der Waals surface area contributed by atoms with Gasteiger partial charge in [0.25, 0.3) is 0 Å². The van der Waals surface area contributed by atoms with Gasteiger partial charge < -0.3 is 9.47 Å². The molecule has 3 heteroatoms. The largest absolute Gasteiger partial charge is 0.353 e. The average molecular weight is 262 g/mol. The van der Waals surface area contributed by atoms with E-state index in [2.05, 4.69) is 42.9 Å². The Morgan fingerprint density at radius 3 is 2.67 bits per heavy atom. The molecule has 0 aliphatic carbocycles. The molecule has 0 radical (unpaired) electrons. The van der Waals surface area contributed by atoms with E-state index in [1.165, 1.54) is 6.42 Å². The predicted molar refractivity (Wildman–Crippen MR) is 77.6 cm³/mol. The van der Waals surface area contributed by atoms with Gasteiger partial charge in [-0.1, -0.05) is 37.4 Å². The van der Waals surface area contributed by atoms with Crippen molar-refractivity contribution >= 4 is 8.07 Å². The average Bonchev–Trinajstić information content (AvgIpc) is 2.32. The van der Waals surface area contributed by atoms with Crippen LogP contribution < -0.4 is 0 Å². The fourth-order valence-corrected chi connectivity index (χ4v) is 1.94. The van der Waals surface area contributed by atoms with Gasteiger partial charge in [0.05, 0.1) is 0 Å². The zero-order valence-corrected chi connectivity index (χ0v) is 12.6. The zero-order chi connectivity index (χ0) is 13.3. The topological polar surface area (TPSA) is 18.5 Å². The van der Waals surface area contributed by atoms with E-state index in [0.29, 0.717) is 6.61 Å². The highest BCUT2D eigenvalue weighted by molar-refractivity contribution is 6.83. The first-order valence-corrected chi connectivity index (χ1v) is 9.97. The quantitative estimate of drug-likeness (QED) is 0.563. The standard InChI is InChI=1S/C15H22O2Si/c1-18(2,3)14-10-6-4-5-8-12-16-15-11-7-9-13-17-15/h4,6,15H,7,9,11-13H2,1-3H3. The summed E-state index contributed by atoms with van der Waals surface area (Å²) in [4.78, 5) is 0. The van der Waals surface area contributed by atoms with E-state index >= 15 is 0 Å². The molecular weight excluding hydrogens is 240 g/mol. The third-order valence-corrected chi connectivity index (χ3v) is 3.17. The highest BCUT2D eigenvalue weighted by Gasteiger charge is 2.12. The van der Waals surface area contributed by atoms with Crippen molar-refractivity contribution in [1.29, 1.82) is 0 Å². The van der Waals surface area contributed by atoms with Gasteiger partial charge in [0, 0.05) is 6.61 Å². The van der Waals surface area contributed by atoms with Crippen LogP contribution in [0.4, 0.5) is 0 Å². The normalized spacial score (nSPS) is 19.8. The van der Waals surface area contributed by atoms with Crippen LogP contribution in [0.3, 0.4) is 0 Å². The van der Waals surface area contributed by atoms with Crippen molar-refractivity contribution < 1.29 is 9.47 Å². The lowest BCUT2D eigenvalue weighted by molar-refractivity contribution is -0.154. The van der Waals surface area contributed by atoms with E-state index in [-0.39, 0.29) is 6.29 Å². The Balaban J connectivity index is 2.17. The Hall–Kier alpha value is -1.00. The summed E-state index contributed by atoms with van der Waals surface area (Å²) in [6, 6.07) is 0. The minimum Gasteiger partial charge on any atom is -0.353 e. The smallest absolute Gasteiger partial charge is 0.158 e. The maximum Gasteiger partial charge on any atom is 0.158 e. The first-order valence-electron chi connectivity index (χ1n) is 6.47. The summed E-state index contributed by atoms with van der Waals surface area (Å²) in [5.41, 5.74) is 3.25. The molecule has 0 bridgehead atoms. The van der Waals surface area contributed by atoms with Crippen molar-refractivity contribution in [2.75, 3.05) is 13.2 Å². The maximum atomic E-state index is 5.48. The first-order chi connectivity index (χ1) is 8.58. The van der Waals surface area contributed by atoms with Crippen LogP contribution in [0.1, 0.15) is 19.3 Å². The lowest BCUT2D eigenvalue weighted by Gasteiger charge is -2.21. The molecule has 1 saturated heterocycles. The van der Waals surface area contributed by atoms with Gasteiger partial charge >= 0.3 is 0 Å². The second kappa shape index (κ2) is 8.16. The van der Waals surface area contributed by atoms with Gasteiger partial charge in [0.15, 0.2) is 6.29 Å². The monoisotopic (exact) mass is 262 g/mol. The van der Waals surface area contributed by atoms with Crippen molar-refractivity contribution in [1.82, 2.24) is 0 Å². The Morgan fingerprint density at radius 2 is 2.00 bits per heavy atom. The molecule has 1 fully saturated rings. The van der Waals surface area contributed by atoms with E-state index in [1.807, 2.05) is 6.08 Å². The van der Waals surface area contributed by atoms with Gasteiger partial charge in [0.2, 0.25) is 0 Å². The Bertz CT molecular complexity index is 379.